The number of carbonyl (C=O) groups is 1. The average Bonchev–Trinajstić information content (AvgIpc) is 2.89. The van der Waals surface area contributed by atoms with Crippen molar-refractivity contribution in [3.63, 3.8) is 0 Å². The minimum absolute atomic E-state index is 0.315. The lowest BCUT2D eigenvalue weighted by Crippen LogP contribution is -2.34. The molecule has 1 aromatic heterocycles. The van der Waals surface area contributed by atoms with Crippen molar-refractivity contribution in [1.29, 1.82) is 0 Å². The first-order chi connectivity index (χ1) is 12.3. The molecule has 1 unspecified atom stereocenters. The molecule has 5 nitrogen and oxygen atoms in total. The summed E-state index contributed by atoms with van der Waals surface area (Å²) in [4.78, 5) is 12.3. The standard InChI is InChI=1S/C18H22F3N3O2/c1-13-11-14(2)24(23-13)10-6-9-22-17(25)16(26-12-18(19,20)21)15-7-4-3-5-8-15/h3-5,7-8,11,16H,6,9-10,12H2,1-2H3,(H,22,25). The van der Waals surface area contributed by atoms with Crippen LogP contribution in [0.3, 0.4) is 0 Å². The summed E-state index contributed by atoms with van der Waals surface area (Å²) < 4.78 is 44.1. The molecule has 0 aliphatic heterocycles. The van der Waals surface area contributed by atoms with Gasteiger partial charge in [-0.2, -0.15) is 18.3 Å². The van der Waals surface area contributed by atoms with E-state index in [0.29, 0.717) is 25.1 Å². The van der Waals surface area contributed by atoms with E-state index in [1.165, 1.54) is 0 Å². The quantitative estimate of drug-likeness (QED) is 0.726. The molecule has 0 saturated carbocycles. The van der Waals surface area contributed by atoms with Gasteiger partial charge < -0.3 is 10.1 Å². The molecule has 2 rings (SSSR count). The van der Waals surface area contributed by atoms with E-state index in [1.807, 2.05) is 24.6 Å². The van der Waals surface area contributed by atoms with Gasteiger partial charge in [0.2, 0.25) is 0 Å². The van der Waals surface area contributed by atoms with Crippen LogP contribution in [0, 0.1) is 13.8 Å². The Hall–Kier alpha value is -2.35. The van der Waals surface area contributed by atoms with E-state index in [1.54, 1.807) is 30.3 Å². The van der Waals surface area contributed by atoms with E-state index < -0.39 is 24.8 Å². The van der Waals surface area contributed by atoms with Crippen LogP contribution in [-0.4, -0.2) is 35.0 Å². The van der Waals surface area contributed by atoms with Gasteiger partial charge >= 0.3 is 6.18 Å². The maximum atomic E-state index is 12.5. The van der Waals surface area contributed by atoms with Gasteiger partial charge in [0.1, 0.15) is 6.61 Å². The summed E-state index contributed by atoms with van der Waals surface area (Å²) in [5, 5.41) is 6.96. The first-order valence-electron chi connectivity index (χ1n) is 8.28. The van der Waals surface area contributed by atoms with E-state index in [-0.39, 0.29) is 0 Å². The van der Waals surface area contributed by atoms with Gasteiger partial charge in [0, 0.05) is 18.8 Å². The zero-order valence-electron chi connectivity index (χ0n) is 14.7. The van der Waals surface area contributed by atoms with Crippen LogP contribution in [0.15, 0.2) is 36.4 Å². The number of carbonyl (C=O) groups excluding carboxylic acids is 1. The Kier molecular flexibility index (Phi) is 6.79. The normalized spacial score (nSPS) is 12.8. The first kappa shape index (κ1) is 20.0. The van der Waals surface area contributed by atoms with Gasteiger partial charge in [-0.1, -0.05) is 30.3 Å². The van der Waals surface area contributed by atoms with Gasteiger partial charge in [0.15, 0.2) is 6.10 Å². The monoisotopic (exact) mass is 369 g/mol. The van der Waals surface area contributed by atoms with Crippen LogP contribution in [0.1, 0.15) is 29.5 Å². The number of rotatable bonds is 8. The molecular weight excluding hydrogens is 347 g/mol. The number of amides is 1. The van der Waals surface area contributed by atoms with Crippen LogP contribution < -0.4 is 5.32 Å². The molecule has 1 aromatic carbocycles. The highest BCUT2D eigenvalue weighted by Gasteiger charge is 2.32. The van der Waals surface area contributed by atoms with Gasteiger partial charge in [-0.3, -0.25) is 9.48 Å². The summed E-state index contributed by atoms with van der Waals surface area (Å²) in [5.41, 5.74) is 2.31. The molecule has 1 amide bonds. The predicted molar refractivity (Wildman–Crippen MR) is 90.5 cm³/mol. The molecule has 1 heterocycles. The number of hydrogen-bond donors (Lipinski definition) is 1. The summed E-state index contributed by atoms with van der Waals surface area (Å²) in [6.45, 7) is 3.28. The lowest BCUT2D eigenvalue weighted by Gasteiger charge is -2.19. The molecule has 0 radical (unpaired) electrons. The first-order valence-corrected chi connectivity index (χ1v) is 8.28. The maximum Gasteiger partial charge on any atom is 0.411 e. The van der Waals surface area contributed by atoms with Crippen LogP contribution in [-0.2, 0) is 16.1 Å². The lowest BCUT2D eigenvalue weighted by molar-refractivity contribution is -0.188. The van der Waals surface area contributed by atoms with E-state index in [0.717, 1.165) is 11.4 Å². The Balaban J connectivity index is 1.90. The van der Waals surface area contributed by atoms with Crippen LogP contribution in [0.2, 0.25) is 0 Å². The smallest absolute Gasteiger partial charge is 0.354 e. The summed E-state index contributed by atoms with van der Waals surface area (Å²) in [5.74, 6) is -0.589. The van der Waals surface area contributed by atoms with Crippen molar-refractivity contribution in [1.82, 2.24) is 15.1 Å². The van der Waals surface area contributed by atoms with Crippen molar-refractivity contribution in [2.45, 2.75) is 39.1 Å². The summed E-state index contributed by atoms with van der Waals surface area (Å²) in [7, 11) is 0. The zero-order valence-corrected chi connectivity index (χ0v) is 14.7. The zero-order chi connectivity index (χ0) is 19.2. The second-order valence-electron chi connectivity index (χ2n) is 6.01. The molecule has 0 bridgehead atoms. The van der Waals surface area contributed by atoms with Crippen molar-refractivity contribution in [2.75, 3.05) is 13.2 Å². The van der Waals surface area contributed by atoms with Gasteiger partial charge in [-0.05, 0) is 31.9 Å². The molecule has 0 spiro atoms. The Morgan fingerprint density at radius 3 is 2.54 bits per heavy atom. The molecule has 1 atom stereocenters. The van der Waals surface area contributed by atoms with E-state index in [2.05, 4.69) is 10.4 Å². The van der Waals surface area contributed by atoms with Gasteiger partial charge in [0.25, 0.3) is 5.91 Å². The summed E-state index contributed by atoms with van der Waals surface area (Å²) in [6.07, 6.45) is -5.19. The highest BCUT2D eigenvalue weighted by Crippen LogP contribution is 2.22. The van der Waals surface area contributed by atoms with Crippen molar-refractivity contribution in [3.8, 4) is 0 Å². The Morgan fingerprint density at radius 1 is 1.27 bits per heavy atom. The second-order valence-corrected chi connectivity index (χ2v) is 6.01. The topological polar surface area (TPSA) is 56.2 Å². The number of halogens is 3. The number of ether oxygens (including phenoxy) is 1. The molecule has 2 aromatic rings. The number of alkyl halides is 3. The minimum Gasteiger partial charge on any atom is -0.354 e. The van der Waals surface area contributed by atoms with Crippen molar-refractivity contribution >= 4 is 5.91 Å². The molecule has 142 valence electrons. The van der Waals surface area contributed by atoms with Crippen LogP contribution in [0.5, 0.6) is 0 Å². The molecule has 0 aliphatic rings. The SMILES string of the molecule is Cc1cc(C)n(CCCNC(=O)C(OCC(F)(F)F)c2ccccc2)n1. The minimum atomic E-state index is -4.50. The largest absolute Gasteiger partial charge is 0.411 e. The lowest BCUT2D eigenvalue weighted by atomic mass is 10.1. The third-order valence-electron chi connectivity index (χ3n) is 3.70. The third kappa shape index (κ3) is 6.18. The number of nitrogens with zero attached hydrogens (tertiary/aromatic N) is 2. The fourth-order valence-corrected chi connectivity index (χ4v) is 2.56. The average molecular weight is 369 g/mol. The van der Waals surface area contributed by atoms with Gasteiger partial charge in [0.05, 0.1) is 5.69 Å². The van der Waals surface area contributed by atoms with Gasteiger partial charge in [-0.15, -0.1) is 0 Å². The summed E-state index contributed by atoms with van der Waals surface area (Å²) in [6, 6.07) is 10.1. The fourth-order valence-electron chi connectivity index (χ4n) is 2.56. The van der Waals surface area contributed by atoms with Crippen LogP contribution in [0.25, 0.3) is 0 Å². The number of nitrogens with one attached hydrogen (secondary N) is 1. The van der Waals surface area contributed by atoms with E-state index >= 15 is 0 Å². The van der Waals surface area contributed by atoms with Crippen LogP contribution in [0.4, 0.5) is 13.2 Å². The Morgan fingerprint density at radius 2 is 1.96 bits per heavy atom. The summed E-state index contributed by atoms with van der Waals surface area (Å²) >= 11 is 0. The molecule has 0 aliphatic carbocycles. The number of benzene rings is 1. The Labute approximate surface area is 150 Å². The Bertz CT molecular complexity index is 714. The molecule has 0 fully saturated rings. The maximum absolute atomic E-state index is 12.5. The van der Waals surface area contributed by atoms with Crippen molar-refractivity contribution in [3.05, 3.63) is 53.3 Å². The highest BCUT2D eigenvalue weighted by atomic mass is 19.4. The number of aryl methyl sites for hydroxylation is 3. The third-order valence-corrected chi connectivity index (χ3v) is 3.70. The predicted octanol–water partition coefficient (Wildman–Crippen LogP) is 3.33. The molecular formula is C18H22F3N3O2. The van der Waals surface area contributed by atoms with Gasteiger partial charge in [-0.25, -0.2) is 0 Å². The van der Waals surface area contributed by atoms with E-state index in [4.69, 9.17) is 4.74 Å². The number of aromatic nitrogens is 2. The van der Waals surface area contributed by atoms with E-state index in [9.17, 15) is 18.0 Å². The number of hydrogen-bond acceptors (Lipinski definition) is 3. The highest BCUT2D eigenvalue weighted by molar-refractivity contribution is 5.82. The molecule has 26 heavy (non-hydrogen) atoms. The van der Waals surface area contributed by atoms with Crippen LogP contribution >= 0.6 is 0 Å². The van der Waals surface area contributed by atoms with Crippen molar-refractivity contribution in [2.24, 2.45) is 0 Å². The molecule has 1 N–H and O–H groups in total. The second kappa shape index (κ2) is 8.84. The molecule has 8 heteroatoms. The fraction of sp³-hybridized carbons (Fsp3) is 0.444. The molecule has 0 saturated heterocycles. The van der Waals surface area contributed by atoms with Crippen molar-refractivity contribution < 1.29 is 22.7 Å².